The number of hydrogen-bond donors (Lipinski definition) is 2. The molecule has 1 amide bonds. The summed E-state index contributed by atoms with van der Waals surface area (Å²) in [5.74, 6) is -0.760. The van der Waals surface area contributed by atoms with E-state index in [1.54, 1.807) is 0 Å². The van der Waals surface area contributed by atoms with E-state index in [-0.39, 0.29) is 23.2 Å². The largest absolute Gasteiger partial charge is 0.383 e. The van der Waals surface area contributed by atoms with Gasteiger partial charge in [0.1, 0.15) is 17.3 Å². The topological polar surface area (TPSA) is 41.1 Å². The van der Waals surface area contributed by atoms with Crippen LogP contribution in [-0.2, 0) is 0 Å². The normalized spacial score (nSPS) is 18.2. The molecule has 1 aromatic carbocycles. The predicted molar refractivity (Wildman–Crippen MR) is 72.6 cm³/mol. The maximum Gasteiger partial charge on any atom is 0.251 e. The van der Waals surface area contributed by atoms with Crippen LogP contribution in [0.4, 0.5) is 14.5 Å². The van der Waals surface area contributed by atoms with E-state index < -0.39 is 11.6 Å². The molecular formula is C15H18F2N2O. The third kappa shape index (κ3) is 2.62. The molecule has 20 heavy (non-hydrogen) atoms. The van der Waals surface area contributed by atoms with Gasteiger partial charge in [-0.1, -0.05) is 0 Å². The number of hydrogen-bond acceptors (Lipinski definition) is 2. The second kappa shape index (κ2) is 5.04. The molecule has 0 atom stereocenters. The van der Waals surface area contributed by atoms with Crippen LogP contribution in [0.2, 0.25) is 0 Å². The summed E-state index contributed by atoms with van der Waals surface area (Å²) in [5.41, 5.74) is -0.159. The monoisotopic (exact) mass is 280 g/mol. The van der Waals surface area contributed by atoms with Crippen molar-refractivity contribution in [3.63, 3.8) is 0 Å². The number of carbonyl (C=O) groups excluding carboxylic acids is 1. The first-order valence-corrected chi connectivity index (χ1v) is 7.08. The zero-order valence-electron chi connectivity index (χ0n) is 11.4. The molecule has 2 aliphatic rings. The molecule has 108 valence electrons. The fourth-order valence-electron chi connectivity index (χ4n) is 2.71. The fourth-order valence-corrected chi connectivity index (χ4v) is 2.71. The van der Waals surface area contributed by atoms with Crippen molar-refractivity contribution in [3.05, 3.63) is 29.3 Å². The molecule has 3 rings (SSSR count). The van der Waals surface area contributed by atoms with E-state index in [4.69, 9.17) is 0 Å². The Morgan fingerprint density at radius 3 is 2.05 bits per heavy atom. The quantitative estimate of drug-likeness (QED) is 0.870. The Morgan fingerprint density at radius 2 is 1.65 bits per heavy atom. The first-order valence-electron chi connectivity index (χ1n) is 7.08. The van der Waals surface area contributed by atoms with Crippen LogP contribution in [0, 0.1) is 23.5 Å². The van der Waals surface area contributed by atoms with Crippen molar-refractivity contribution in [2.45, 2.75) is 31.7 Å². The molecule has 2 aliphatic carbocycles. The predicted octanol–water partition coefficient (Wildman–Crippen LogP) is 2.92. The van der Waals surface area contributed by atoms with Crippen LogP contribution in [0.25, 0.3) is 0 Å². The van der Waals surface area contributed by atoms with E-state index in [1.807, 2.05) is 0 Å². The molecular weight excluding hydrogens is 262 g/mol. The van der Waals surface area contributed by atoms with Gasteiger partial charge < -0.3 is 10.6 Å². The van der Waals surface area contributed by atoms with Crippen molar-refractivity contribution >= 4 is 11.6 Å². The lowest BCUT2D eigenvalue weighted by Crippen LogP contribution is -2.38. The summed E-state index contributed by atoms with van der Waals surface area (Å²) < 4.78 is 27.3. The average Bonchev–Trinajstić information content (AvgIpc) is 3.28. The van der Waals surface area contributed by atoms with E-state index in [0.717, 1.165) is 37.8 Å². The highest BCUT2D eigenvalue weighted by molar-refractivity contribution is 5.95. The lowest BCUT2D eigenvalue weighted by atomic mass is 10.1. The van der Waals surface area contributed by atoms with Crippen molar-refractivity contribution < 1.29 is 13.6 Å². The minimum absolute atomic E-state index is 0.0466. The summed E-state index contributed by atoms with van der Waals surface area (Å²) >= 11 is 0. The first kappa shape index (κ1) is 13.3. The molecule has 0 unspecified atom stereocenters. The van der Waals surface area contributed by atoms with Crippen molar-refractivity contribution in [2.75, 3.05) is 12.4 Å². The van der Waals surface area contributed by atoms with Crippen LogP contribution < -0.4 is 10.6 Å². The molecule has 0 aliphatic heterocycles. The highest BCUT2D eigenvalue weighted by Gasteiger charge is 2.42. The molecule has 0 radical (unpaired) electrons. The standard InChI is InChI=1S/C15H18F2N2O/c1-18-14-11(16)6-10(7-12(14)17)15(20)19-13(8-2-3-8)9-4-5-9/h6-9,13,18H,2-5H2,1H3,(H,19,20). The first-order chi connectivity index (χ1) is 9.60. The van der Waals surface area contributed by atoms with Gasteiger partial charge >= 0.3 is 0 Å². The molecule has 2 N–H and O–H groups in total. The second-order valence-electron chi connectivity index (χ2n) is 5.74. The average molecular weight is 280 g/mol. The van der Waals surface area contributed by atoms with Crippen molar-refractivity contribution in [1.82, 2.24) is 5.32 Å². The SMILES string of the molecule is CNc1c(F)cc(C(=O)NC(C2CC2)C2CC2)cc1F. The molecule has 3 nitrogen and oxygen atoms in total. The lowest BCUT2D eigenvalue weighted by molar-refractivity contribution is 0.0925. The molecule has 0 spiro atoms. The van der Waals surface area contributed by atoms with Crippen LogP contribution in [-0.4, -0.2) is 19.0 Å². The maximum absolute atomic E-state index is 13.7. The number of nitrogens with one attached hydrogen (secondary N) is 2. The van der Waals surface area contributed by atoms with Gasteiger partial charge in [-0.3, -0.25) is 4.79 Å². The molecule has 5 heteroatoms. The number of benzene rings is 1. The van der Waals surface area contributed by atoms with Crippen LogP contribution in [0.1, 0.15) is 36.0 Å². The molecule has 1 aromatic rings. The van der Waals surface area contributed by atoms with Crippen LogP contribution >= 0.6 is 0 Å². The lowest BCUT2D eigenvalue weighted by Gasteiger charge is -2.18. The van der Waals surface area contributed by atoms with Gasteiger partial charge in [-0.25, -0.2) is 8.78 Å². The Morgan fingerprint density at radius 1 is 1.15 bits per heavy atom. The van der Waals surface area contributed by atoms with Gasteiger partial charge in [-0.05, 0) is 49.7 Å². The smallest absolute Gasteiger partial charge is 0.251 e. The van der Waals surface area contributed by atoms with E-state index in [9.17, 15) is 13.6 Å². The van der Waals surface area contributed by atoms with Gasteiger partial charge in [-0.2, -0.15) is 0 Å². The number of amides is 1. The maximum atomic E-state index is 13.7. The Hall–Kier alpha value is -1.65. The van der Waals surface area contributed by atoms with Gasteiger partial charge in [0.2, 0.25) is 0 Å². The number of halogens is 2. The molecule has 0 bridgehead atoms. The van der Waals surface area contributed by atoms with Crippen LogP contribution in [0.5, 0.6) is 0 Å². The second-order valence-corrected chi connectivity index (χ2v) is 5.74. The summed E-state index contributed by atoms with van der Waals surface area (Å²) in [6, 6.07) is 2.35. The van der Waals surface area contributed by atoms with Gasteiger partial charge in [0.05, 0.1) is 0 Å². The third-order valence-corrected chi connectivity index (χ3v) is 4.11. The van der Waals surface area contributed by atoms with Crippen molar-refractivity contribution in [1.29, 1.82) is 0 Å². The van der Waals surface area contributed by atoms with Crippen LogP contribution in [0.3, 0.4) is 0 Å². The zero-order valence-corrected chi connectivity index (χ0v) is 11.4. The number of anilines is 1. The minimum Gasteiger partial charge on any atom is -0.383 e. The summed E-state index contributed by atoms with van der Waals surface area (Å²) in [6.07, 6.45) is 4.57. The van der Waals surface area contributed by atoms with E-state index in [2.05, 4.69) is 10.6 Å². The van der Waals surface area contributed by atoms with E-state index in [1.165, 1.54) is 7.05 Å². The Kier molecular flexibility index (Phi) is 3.36. The number of rotatable bonds is 5. The van der Waals surface area contributed by atoms with Gasteiger partial charge in [-0.15, -0.1) is 0 Å². The van der Waals surface area contributed by atoms with Gasteiger partial charge in [0, 0.05) is 18.7 Å². The van der Waals surface area contributed by atoms with Crippen LogP contribution in [0.15, 0.2) is 12.1 Å². The molecule has 0 heterocycles. The molecule has 0 saturated heterocycles. The van der Waals surface area contributed by atoms with E-state index in [0.29, 0.717) is 11.8 Å². The van der Waals surface area contributed by atoms with Gasteiger partial charge in [0.25, 0.3) is 5.91 Å². The van der Waals surface area contributed by atoms with Gasteiger partial charge in [0.15, 0.2) is 0 Å². The fraction of sp³-hybridized carbons (Fsp3) is 0.533. The van der Waals surface area contributed by atoms with Crippen molar-refractivity contribution in [3.8, 4) is 0 Å². The minimum atomic E-state index is -0.743. The molecule has 2 fully saturated rings. The highest BCUT2D eigenvalue weighted by Crippen LogP contribution is 2.44. The molecule has 0 aromatic heterocycles. The Labute approximate surface area is 116 Å². The summed E-state index contributed by atoms with van der Waals surface area (Å²) in [5, 5.41) is 5.40. The molecule has 2 saturated carbocycles. The summed E-state index contributed by atoms with van der Waals surface area (Å²) in [6.45, 7) is 0. The van der Waals surface area contributed by atoms with Crippen molar-refractivity contribution in [2.24, 2.45) is 11.8 Å². The summed E-state index contributed by atoms with van der Waals surface area (Å²) in [7, 11) is 1.44. The number of carbonyl (C=O) groups is 1. The Bertz CT molecular complexity index is 504. The summed E-state index contributed by atoms with van der Waals surface area (Å²) in [4.78, 5) is 12.2. The Balaban J connectivity index is 1.76. The highest BCUT2D eigenvalue weighted by atomic mass is 19.1. The third-order valence-electron chi connectivity index (χ3n) is 4.11. The van der Waals surface area contributed by atoms with E-state index >= 15 is 0 Å². The zero-order chi connectivity index (χ0) is 14.3.